The molecule has 1 aromatic carbocycles. The summed E-state index contributed by atoms with van der Waals surface area (Å²) < 4.78 is 5.35. The van der Waals surface area contributed by atoms with Crippen LogP contribution in [0.2, 0.25) is 0 Å². The number of rotatable bonds is 4. The minimum atomic E-state index is 0.478. The van der Waals surface area contributed by atoms with Crippen LogP contribution < -0.4 is 5.32 Å². The molecule has 100 valence electrons. The molecule has 0 spiro atoms. The third-order valence-electron chi connectivity index (χ3n) is 3.21. The van der Waals surface area contributed by atoms with Gasteiger partial charge in [-0.25, -0.2) is 0 Å². The van der Waals surface area contributed by atoms with Gasteiger partial charge in [-0.05, 0) is 18.4 Å². The molecular weight excluding hydrogens is 258 g/mol. The second-order valence-corrected chi connectivity index (χ2v) is 5.76. The Hall–Kier alpha value is -1.46. The van der Waals surface area contributed by atoms with Crippen LogP contribution in [0.25, 0.3) is 0 Å². The minimum Gasteiger partial charge on any atom is -0.381 e. The number of benzene rings is 1. The Kier molecular flexibility index (Phi) is 4.05. The Labute approximate surface area is 116 Å². The van der Waals surface area contributed by atoms with E-state index >= 15 is 0 Å². The maximum absolute atomic E-state index is 5.35. The highest BCUT2D eigenvalue weighted by molar-refractivity contribution is 7.15. The van der Waals surface area contributed by atoms with E-state index in [-0.39, 0.29) is 0 Å². The predicted octanol–water partition coefficient (Wildman–Crippen LogP) is 2.72. The van der Waals surface area contributed by atoms with Gasteiger partial charge in [-0.15, -0.1) is 10.2 Å². The molecule has 1 fully saturated rings. The summed E-state index contributed by atoms with van der Waals surface area (Å²) in [5, 5.41) is 13.9. The summed E-state index contributed by atoms with van der Waals surface area (Å²) in [5.74, 6) is 0. The van der Waals surface area contributed by atoms with Crippen LogP contribution in [-0.2, 0) is 11.2 Å². The van der Waals surface area contributed by atoms with Crippen molar-refractivity contribution in [3.05, 3.63) is 40.9 Å². The normalized spacial score (nSPS) is 16.4. The average molecular weight is 275 g/mol. The lowest BCUT2D eigenvalue weighted by molar-refractivity contribution is 0.0904. The van der Waals surface area contributed by atoms with Crippen LogP contribution in [0.3, 0.4) is 0 Å². The maximum atomic E-state index is 5.35. The van der Waals surface area contributed by atoms with Crippen molar-refractivity contribution in [3.8, 4) is 0 Å². The van der Waals surface area contributed by atoms with Gasteiger partial charge in [0.25, 0.3) is 0 Å². The van der Waals surface area contributed by atoms with Gasteiger partial charge in [0.05, 0.1) is 0 Å². The molecule has 2 aromatic rings. The minimum absolute atomic E-state index is 0.478. The standard InChI is InChI=1S/C14H17N3OS/c1-2-4-11(5-3-1)10-13-16-17-14(19-13)15-12-6-8-18-9-7-12/h1-5,12H,6-10H2,(H,15,17). The zero-order valence-corrected chi connectivity index (χ0v) is 11.5. The summed E-state index contributed by atoms with van der Waals surface area (Å²) in [6.07, 6.45) is 2.95. The zero-order valence-electron chi connectivity index (χ0n) is 10.7. The van der Waals surface area contributed by atoms with Gasteiger partial charge in [-0.3, -0.25) is 0 Å². The first kappa shape index (κ1) is 12.6. The van der Waals surface area contributed by atoms with E-state index in [0.29, 0.717) is 6.04 Å². The highest BCUT2D eigenvalue weighted by Crippen LogP contribution is 2.21. The summed E-state index contributed by atoms with van der Waals surface area (Å²) in [4.78, 5) is 0. The van der Waals surface area contributed by atoms with E-state index in [1.807, 2.05) is 6.07 Å². The van der Waals surface area contributed by atoms with E-state index < -0.39 is 0 Å². The van der Waals surface area contributed by atoms with Crippen molar-refractivity contribution >= 4 is 16.5 Å². The van der Waals surface area contributed by atoms with Gasteiger partial charge in [0.1, 0.15) is 5.01 Å². The van der Waals surface area contributed by atoms with Crippen LogP contribution in [-0.4, -0.2) is 29.5 Å². The Morgan fingerprint density at radius 1 is 1.16 bits per heavy atom. The Morgan fingerprint density at radius 3 is 2.74 bits per heavy atom. The number of hydrogen-bond acceptors (Lipinski definition) is 5. The van der Waals surface area contributed by atoms with E-state index in [1.54, 1.807) is 11.3 Å². The number of aromatic nitrogens is 2. The molecule has 1 aliphatic heterocycles. The smallest absolute Gasteiger partial charge is 0.205 e. The van der Waals surface area contributed by atoms with Gasteiger partial charge in [-0.1, -0.05) is 41.7 Å². The number of nitrogens with one attached hydrogen (secondary N) is 1. The zero-order chi connectivity index (χ0) is 12.9. The molecule has 0 radical (unpaired) electrons. The predicted molar refractivity (Wildman–Crippen MR) is 76.6 cm³/mol. The van der Waals surface area contributed by atoms with Crippen LogP contribution in [0.4, 0.5) is 5.13 Å². The van der Waals surface area contributed by atoms with Crippen molar-refractivity contribution in [2.75, 3.05) is 18.5 Å². The molecule has 19 heavy (non-hydrogen) atoms. The Bertz CT molecular complexity index is 508. The lowest BCUT2D eigenvalue weighted by Crippen LogP contribution is -2.27. The monoisotopic (exact) mass is 275 g/mol. The summed E-state index contributed by atoms with van der Waals surface area (Å²) in [5.41, 5.74) is 1.27. The Balaban J connectivity index is 1.59. The molecule has 1 saturated heterocycles. The van der Waals surface area contributed by atoms with Gasteiger partial charge in [0, 0.05) is 25.7 Å². The molecule has 0 unspecified atom stereocenters. The van der Waals surface area contributed by atoms with Gasteiger partial charge < -0.3 is 10.1 Å². The van der Waals surface area contributed by atoms with Gasteiger partial charge in [0.2, 0.25) is 5.13 Å². The molecule has 0 bridgehead atoms. The highest BCUT2D eigenvalue weighted by Gasteiger charge is 2.15. The SMILES string of the molecule is c1ccc(Cc2nnc(NC3CCOCC3)s2)cc1. The quantitative estimate of drug-likeness (QED) is 0.932. The molecule has 1 aromatic heterocycles. The number of ether oxygens (including phenoxy) is 1. The van der Waals surface area contributed by atoms with E-state index in [4.69, 9.17) is 4.74 Å². The molecule has 0 aliphatic carbocycles. The third-order valence-corrected chi connectivity index (χ3v) is 4.07. The summed E-state index contributed by atoms with van der Waals surface area (Å²) in [6.45, 7) is 1.68. The Morgan fingerprint density at radius 2 is 1.95 bits per heavy atom. The molecule has 1 aliphatic rings. The van der Waals surface area contributed by atoms with Crippen molar-refractivity contribution < 1.29 is 4.74 Å². The molecule has 1 N–H and O–H groups in total. The fourth-order valence-electron chi connectivity index (χ4n) is 2.17. The average Bonchev–Trinajstić information content (AvgIpc) is 2.88. The van der Waals surface area contributed by atoms with E-state index in [0.717, 1.165) is 42.6 Å². The van der Waals surface area contributed by atoms with Crippen LogP contribution in [0.1, 0.15) is 23.4 Å². The number of anilines is 1. The fraction of sp³-hybridized carbons (Fsp3) is 0.429. The molecular formula is C14H17N3OS. The second-order valence-electron chi connectivity index (χ2n) is 4.69. The molecule has 3 rings (SSSR count). The first-order valence-electron chi connectivity index (χ1n) is 6.61. The molecule has 0 saturated carbocycles. The summed E-state index contributed by atoms with van der Waals surface area (Å²) >= 11 is 1.65. The van der Waals surface area contributed by atoms with Crippen LogP contribution in [0.5, 0.6) is 0 Å². The van der Waals surface area contributed by atoms with Crippen molar-refractivity contribution in [3.63, 3.8) is 0 Å². The van der Waals surface area contributed by atoms with Gasteiger partial charge >= 0.3 is 0 Å². The lowest BCUT2D eigenvalue weighted by atomic mass is 10.1. The first-order chi connectivity index (χ1) is 9.40. The molecule has 0 amide bonds. The highest BCUT2D eigenvalue weighted by atomic mass is 32.1. The maximum Gasteiger partial charge on any atom is 0.205 e. The van der Waals surface area contributed by atoms with Crippen molar-refractivity contribution in [2.24, 2.45) is 0 Å². The largest absolute Gasteiger partial charge is 0.381 e. The fourth-order valence-corrected chi connectivity index (χ4v) is 3.02. The summed E-state index contributed by atoms with van der Waals surface area (Å²) in [6, 6.07) is 10.8. The topological polar surface area (TPSA) is 47.0 Å². The van der Waals surface area contributed by atoms with Crippen molar-refractivity contribution in [2.45, 2.75) is 25.3 Å². The van der Waals surface area contributed by atoms with Crippen LogP contribution >= 0.6 is 11.3 Å². The van der Waals surface area contributed by atoms with E-state index in [9.17, 15) is 0 Å². The van der Waals surface area contributed by atoms with Crippen LogP contribution in [0, 0.1) is 0 Å². The van der Waals surface area contributed by atoms with Gasteiger partial charge in [-0.2, -0.15) is 0 Å². The number of nitrogens with zero attached hydrogens (tertiary/aromatic N) is 2. The lowest BCUT2D eigenvalue weighted by Gasteiger charge is -2.22. The summed E-state index contributed by atoms with van der Waals surface area (Å²) in [7, 11) is 0. The van der Waals surface area contributed by atoms with Crippen molar-refractivity contribution in [1.82, 2.24) is 10.2 Å². The number of hydrogen-bond donors (Lipinski definition) is 1. The first-order valence-corrected chi connectivity index (χ1v) is 7.42. The molecule has 2 heterocycles. The molecule has 0 atom stereocenters. The molecule has 5 heteroatoms. The second kappa shape index (κ2) is 6.12. The molecule has 4 nitrogen and oxygen atoms in total. The van der Waals surface area contributed by atoms with E-state index in [2.05, 4.69) is 39.8 Å². The van der Waals surface area contributed by atoms with Crippen LogP contribution in [0.15, 0.2) is 30.3 Å². The van der Waals surface area contributed by atoms with E-state index in [1.165, 1.54) is 5.56 Å². The third kappa shape index (κ3) is 3.52. The van der Waals surface area contributed by atoms with Gasteiger partial charge in [0.15, 0.2) is 0 Å². The van der Waals surface area contributed by atoms with Crippen molar-refractivity contribution in [1.29, 1.82) is 0 Å².